The summed E-state index contributed by atoms with van der Waals surface area (Å²) < 4.78 is 0. The van der Waals surface area contributed by atoms with E-state index in [1.807, 2.05) is 0 Å². The molecule has 3 N–H and O–H groups in total. The van der Waals surface area contributed by atoms with Crippen LogP contribution >= 0.6 is 0 Å². The minimum absolute atomic E-state index is 0.295. The van der Waals surface area contributed by atoms with Gasteiger partial charge in [-0.05, 0) is 44.1 Å². The average Bonchev–Trinajstić information content (AvgIpc) is 2.86. The molecule has 1 unspecified atom stereocenters. The molecule has 0 aliphatic heterocycles. The molecule has 2 nitrogen and oxygen atoms in total. The van der Waals surface area contributed by atoms with Crippen LogP contribution in [0.2, 0.25) is 0 Å². The molecular weight excluding hydrogens is 162 g/mol. The second-order valence-corrected chi connectivity index (χ2v) is 4.91. The van der Waals surface area contributed by atoms with Gasteiger partial charge in [-0.15, -0.1) is 0 Å². The molecule has 0 aromatic carbocycles. The van der Waals surface area contributed by atoms with E-state index in [2.05, 4.69) is 0 Å². The first-order valence-corrected chi connectivity index (χ1v) is 5.65. The molecule has 2 rings (SSSR count). The number of hydrogen-bond acceptors (Lipinski definition) is 2. The molecular formula is C11H21NO. The summed E-state index contributed by atoms with van der Waals surface area (Å²) in [7, 11) is 0. The van der Waals surface area contributed by atoms with Crippen LogP contribution in [0.25, 0.3) is 0 Å². The summed E-state index contributed by atoms with van der Waals surface area (Å²) in [6.45, 7) is 0.637. The molecule has 13 heavy (non-hydrogen) atoms. The first-order chi connectivity index (χ1) is 6.22. The van der Waals surface area contributed by atoms with Crippen molar-refractivity contribution in [2.45, 2.75) is 57.0 Å². The fourth-order valence-corrected chi connectivity index (χ4v) is 3.05. The zero-order valence-corrected chi connectivity index (χ0v) is 8.39. The molecule has 2 aliphatic carbocycles. The van der Waals surface area contributed by atoms with Gasteiger partial charge in [-0.25, -0.2) is 0 Å². The third kappa shape index (κ3) is 1.50. The van der Waals surface area contributed by atoms with Gasteiger partial charge in [0, 0.05) is 0 Å². The fraction of sp³-hybridized carbons (Fsp3) is 1.00. The highest BCUT2D eigenvalue weighted by atomic mass is 16.3. The maximum absolute atomic E-state index is 10.6. The second kappa shape index (κ2) is 3.25. The molecule has 0 amide bonds. The van der Waals surface area contributed by atoms with Crippen LogP contribution in [0.4, 0.5) is 0 Å². The molecule has 2 fully saturated rings. The van der Waals surface area contributed by atoms with E-state index in [9.17, 15) is 5.11 Å². The summed E-state index contributed by atoms with van der Waals surface area (Å²) >= 11 is 0. The Labute approximate surface area is 80.5 Å². The minimum Gasteiger partial charge on any atom is -0.389 e. The van der Waals surface area contributed by atoms with E-state index in [-0.39, 0.29) is 0 Å². The molecule has 1 spiro atoms. The number of hydrogen-bond donors (Lipinski definition) is 2. The lowest BCUT2D eigenvalue weighted by Gasteiger charge is -2.35. The SMILES string of the molecule is NCCC1(O)CCCCCC12CC2. The summed E-state index contributed by atoms with van der Waals surface area (Å²) in [6.07, 6.45) is 9.33. The lowest BCUT2D eigenvalue weighted by atomic mass is 9.77. The van der Waals surface area contributed by atoms with Gasteiger partial charge in [-0.3, -0.25) is 0 Å². The van der Waals surface area contributed by atoms with Crippen molar-refractivity contribution in [3.63, 3.8) is 0 Å². The molecule has 0 bridgehead atoms. The maximum Gasteiger partial charge on any atom is 0.0715 e. The van der Waals surface area contributed by atoms with Crippen LogP contribution in [0.15, 0.2) is 0 Å². The fourth-order valence-electron chi connectivity index (χ4n) is 3.05. The third-order valence-electron chi connectivity index (χ3n) is 4.14. The molecule has 0 aromatic heterocycles. The summed E-state index contributed by atoms with van der Waals surface area (Å²) in [5, 5.41) is 10.6. The van der Waals surface area contributed by atoms with Crippen molar-refractivity contribution in [3.8, 4) is 0 Å². The van der Waals surface area contributed by atoms with Gasteiger partial charge in [-0.1, -0.05) is 19.3 Å². The number of nitrogens with two attached hydrogens (primary N) is 1. The van der Waals surface area contributed by atoms with Gasteiger partial charge < -0.3 is 10.8 Å². The van der Waals surface area contributed by atoms with Gasteiger partial charge in [0.05, 0.1) is 5.60 Å². The Bertz CT molecular complexity index is 189. The van der Waals surface area contributed by atoms with E-state index in [0.29, 0.717) is 12.0 Å². The van der Waals surface area contributed by atoms with Crippen molar-refractivity contribution in [3.05, 3.63) is 0 Å². The summed E-state index contributed by atoms with van der Waals surface area (Å²) in [6, 6.07) is 0. The van der Waals surface area contributed by atoms with Gasteiger partial charge in [-0.2, -0.15) is 0 Å². The highest BCUT2D eigenvalue weighted by Gasteiger charge is 2.57. The van der Waals surface area contributed by atoms with Gasteiger partial charge in [0.2, 0.25) is 0 Å². The molecule has 2 saturated carbocycles. The van der Waals surface area contributed by atoms with Crippen LogP contribution in [0.3, 0.4) is 0 Å². The molecule has 0 heterocycles. The van der Waals surface area contributed by atoms with Crippen molar-refractivity contribution in [2.24, 2.45) is 11.1 Å². The summed E-state index contributed by atoms with van der Waals surface area (Å²) in [5.41, 5.74) is 5.47. The second-order valence-electron chi connectivity index (χ2n) is 4.91. The van der Waals surface area contributed by atoms with E-state index in [0.717, 1.165) is 12.8 Å². The molecule has 2 aliphatic rings. The van der Waals surface area contributed by atoms with Crippen molar-refractivity contribution < 1.29 is 5.11 Å². The van der Waals surface area contributed by atoms with E-state index >= 15 is 0 Å². The smallest absolute Gasteiger partial charge is 0.0715 e. The standard InChI is InChI=1S/C11H21NO/c12-9-8-11(13)5-3-1-2-4-10(11)6-7-10/h13H,1-9,12H2. The molecule has 2 heteroatoms. The third-order valence-corrected chi connectivity index (χ3v) is 4.14. The van der Waals surface area contributed by atoms with E-state index < -0.39 is 5.60 Å². The predicted molar refractivity (Wildman–Crippen MR) is 53.4 cm³/mol. The number of aliphatic hydroxyl groups is 1. The zero-order chi connectivity index (χ0) is 9.36. The summed E-state index contributed by atoms with van der Waals surface area (Å²) in [5.74, 6) is 0. The van der Waals surface area contributed by atoms with E-state index in [4.69, 9.17) is 5.73 Å². The van der Waals surface area contributed by atoms with Crippen LogP contribution < -0.4 is 5.73 Å². The van der Waals surface area contributed by atoms with Gasteiger partial charge in [0.25, 0.3) is 0 Å². The first kappa shape index (κ1) is 9.47. The topological polar surface area (TPSA) is 46.2 Å². The largest absolute Gasteiger partial charge is 0.389 e. The van der Waals surface area contributed by atoms with Crippen molar-refractivity contribution in [1.82, 2.24) is 0 Å². The molecule has 0 saturated heterocycles. The molecule has 76 valence electrons. The Kier molecular flexibility index (Phi) is 2.37. The molecule has 0 radical (unpaired) electrons. The lowest BCUT2D eigenvalue weighted by molar-refractivity contribution is -0.0441. The van der Waals surface area contributed by atoms with Crippen molar-refractivity contribution in [2.75, 3.05) is 6.54 Å². The van der Waals surface area contributed by atoms with E-state index in [1.54, 1.807) is 0 Å². The Morgan fingerprint density at radius 3 is 2.31 bits per heavy atom. The first-order valence-electron chi connectivity index (χ1n) is 5.65. The minimum atomic E-state index is -0.405. The predicted octanol–water partition coefficient (Wildman–Crippen LogP) is 1.81. The Morgan fingerprint density at radius 1 is 1.00 bits per heavy atom. The van der Waals surface area contributed by atoms with Crippen LogP contribution in [0.5, 0.6) is 0 Å². The van der Waals surface area contributed by atoms with Gasteiger partial charge >= 0.3 is 0 Å². The van der Waals surface area contributed by atoms with Crippen LogP contribution in [-0.4, -0.2) is 17.3 Å². The van der Waals surface area contributed by atoms with Crippen LogP contribution in [-0.2, 0) is 0 Å². The zero-order valence-electron chi connectivity index (χ0n) is 8.39. The Morgan fingerprint density at radius 2 is 1.69 bits per heavy atom. The Hall–Kier alpha value is -0.0800. The van der Waals surface area contributed by atoms with Crippen molar-refractivity contribution >= 4 is 0 Å². The maximum atomic E-state index is 10.6. The normalized spacial score (nSPS) is 37.4. The monoisotopic (exact) mass is 183 g/mol. The molecule has 0 aromatic rings. The lowest BCUT2D eigenvalue weighted by Crippen LogP contribution is -2.40. The van der Waals surface area contributed by atoms with E-state index in [1.165, 1.54) is 38.5 Å². The Balaban J connectivity index is 2.11. The highest BCUT2D eigenvalue weighted by Crippen LogP contribution is 2.61. The van der Waals surface area contributed by atoms with Gasteiger partial charge in [0.15, 0.2) is 0 Å². The van der Waals surface area contributed by atoms with Crippen LogP contribution in [0.1, 0.15) is 51.4 Å². The molecule has 1 atom stereocenters. The average molecular weight is 183 g/mol. The summed E-state index contributed by atoms with van der Waals surface area (Å²) in [4.78, 5) is 0. The van der Waals surface area contributed by atoms with Crippen molar-refractivity contribution in [1.29, 1.82) is 0 Å². The van der Waals surface area contributed by atoms with Gasteiger partial charge in [0.1, 0.15) is 0 Å². The highest BCUT2D eigenvalue weighted by molar-refractivity contribution is 5.08. The van der Waals surface area contributed by atoms with Crippen LogP contribution in [0, 0.1) is 5.41 Å². The quantitative estimate of drug-likeness (QED) is 0.686. The number of rotatable bonds is 2.